The highest BCUT2D eigenvalue weighted by atomic mass is 19.4. The molecule has 0 saturated heterocycles. The maximum absolute atomic E-state index is 13.9. The second kappa shape index (κ2) is 9.59. The van der Waals surface area contributed by atoms with Crippen molar-refractivity contribution < 1.29 is 66.6 Å². The summed E-state index contributed by atoms with van der Waals surface area (Å²) < 4.78 is 175. The van der Waals surface area contributed by atoms with Crippen molar-refractivity contribution in [2.75, 3.05) is 6.61 Å². The van der Waals surface area contributed by atoms with Gasteiger partial charge in [-0.05, 0) is 12.8 Å². The van der Waals surface area contributed by atoms with Crippen LogP contribution in [0.1, 0.15) is 46.0 Å². The molecule has 1 unspecified atom stereocenters. The largest absolute Gasteiger partial charge is 0.465 e. The molecule has 2 nitrogen and oxygen atoms in total. The topological polar surface area (TPSA) is 26.3 Å². The minimum atomic E-state index is -7.95. The van der Waals surface area contributed by atoms with Crippen LogP contribution < -0.4 is 0 Å². The fourth-order valence-corrected chi connectivity index (χ4v) is 2.33. The van der Waals surface area contributed by atoms with Crippen LogP contribution in [0.15, 0.2) is 0 Å². The lowest BCUT2D eigenvalue weighted by atomic mass is 9.87. The van der Waals surface area contributed by atoms with Gasteiger partial charge < -0.3 is 4.74 Å². The zero-order chi connectivity index (χ0) is 25.1. The van der Waals surface area contributed by atoms with Crippen LogP contribution in [-0.4, -0.2) is 48.4 Å². The molecule has 0 aromatic heterocycles. The first kappa shape index (κ1) is 29.6. The van der Waals surface area contributed by atoms with Crippen molar-refractivity contribution in [1.29, 1.82) is 0 Å². The second-order valence-corrected chi connectivity index (χ2v) is 6.71. The number of rotatable bonds is 12. The smallest absolute Gasteiger partial charge is 0.460 e. The number of ether oxygens (including phenoxy) is 1. The van der Waals surface area contributed by atoms with E-state index >= 15 is 0 Å². The number of alkyl halides is 13. The summed E-state index contributed by atoms with van der Waals surface area (Å²) in [5.41, 5.74) is 0. The van der Waals surface area contributed by atoms with Crippen LogP contribution in [0.3, 0.4) is 0 Å². The third kappa shape index (κ3) is 5.49. The third-order valence-corrected chi connectivity index (χ3v) is 4.21. The number of hydrogen-bond donors (Lipinski definition) is 0. The summed E-state index contributed by atoms with van der Waals surface area (Å²) >= 11 is 0. The van der Waals surface area contributed by atoms with E-state index in [1.54, 1.807) is 6.92 Å². The molecule has 0 amide bonds. The van der Waals surface area contributed by atoms with Gasteiger partial charge >= 0.3 is 41.8 Å². The van der Waals surface area contributed by atoms with Gasteiger partial charge in [0.2, 0.25) is 0 Å². The predicted octanol–water partition coefficient (Wildman–Crippen LogP) is 6.87. The first-order valence-electron chi connectivity index (χ1n) is 8.78. The first-order chi connectivity index (χ1) is 13.7. The van der Waals surface area contributed by atoms with Crippen LogP contribution in [0.4, 0.5) is 57.1 Å². The number of unbranched alkanes of at least 4 members (excludes halogenated alkanes) is 1. The number of hydrogen-bond acceptors (Lipinski definition) is 2. The van der Waals surface area contributed by atoms with Gasteiger partial charge in [-0.25, -0.2) is 0 Å². The van der Waals surface area contributed by atoms with Crippen molar-refractivity contribution in [1.82, 2.24) is 0 Å². The Morgan fingerprint density at radius 2 is 1.16 bits per heavy atom. The van der Waals surface area contributed by atoms with Gasteiger partial charge in [0.05, 0.1) is 12.5 Å². The van der Waals surface area contributed by atoms with E-state index < -0.39 is 60.5 Å². The molecule has 1 atom stereocenters. The summed E-state index contributed by atoms with van der Waals surface area (Å²) in [4.78, 5) is 11.7. The Balaban J connectivity index is 6.05. The summed E-state index contributed by atoms with van der Waals surface area (Å²) in [6, 6.07) is 0. The number of halogens is 13. The van der Waals surface area contributed by atoms with Crippen LogP contribution in [0.2, 0.25) is 0 Å². The highest BCUT2D eigenvalue weighted by molar-refractivity contribution is 5.72. The van der Waals surface area contributed by atoms with Gasteiger partial charge in [0.1, 0.15) is 0 Å². The minimum absolute atomic E-state index is 0.173. The maximum Gasteiger partial charge on any atom is 0.460 e. The molecule has 0 rings (SSSR count). The standard InChI is InChI=1S/C16H19F13O2/c1-3-5-7-31-10(30)9(6-4-2)8-11(17,18)12(19,20)13(21,22)14(23,24)15(25,26)16(27,28)29/h9H,3-8H2,1-2H3. The second-order valence-electron chi connectivity index (χ2n) is 6.71. The Morgan fingerprint density at radius 3 is 1.55 bits per heavy atom. The first-order valence-corrected chi connectivity index (χ1v) is 8.78. The lowest BCUT2D eigenvalue weighted by molar-refractivity contribution is -0.440. The molecule has 0 heterocycles. The molecule has 0 aromatic carbocycles. The van der Waals surface area contributed by atoms with Crippen molar-refractivity contribution in [3.63, 3.8) is 0 Å². The monoisotopic (exact) mass is 490 g/mol. The van der Waals surface area contributed by atoms with Crippen molar-refractivity contribution in [2.24, 2.45) is 5.92 Å². The molecule has 0 aliphatic carbocycles. The average molecular weight is 490 g/mol. The van der Waals surface area contributed by atoms with E-state index in [4.69, 9.17) is 0 Å². The normalized spacial score (nSPS) is 15.7. The van der Waals surface area contributed by atoms with Crippen molar-refractivity contribution in [3.05, 3.63) is 0 Å². The fourth-order valence-electron chi connectivity index (χ4n) is 2.33. The number of carbonyl (C=O) groups excluding carboxylic acids is 1. The van der Waals surface area contributed by atoms with Crippen LogP contribution in [0, 0.1) is 5.92 Å². The molecule has 0 spiro atoms. The Bertz CT molecular complexity index is 599. The molecule has 0 aliphatic heterocycles. The lowest BCUT2D eigenvalue weighted by Gasteiger charge is -2.40. The van der Waals surface area contributed by atoms with Gasteiger partial charge in [-0.3, -0.25) is 4.79 Å². The summed E-state index contributed by atoms with van der Waals surface area (Å²) in [5.74, 6) is -41.1. The van der Waals surface area contributed by atoms with Crippen LogP contribution >= 0.6 is 0 Å². The molecular weight excluding hydrogens is 471 g/mol. The molecule has 0 aliphatic rings. The van der Waals surface area contributed by atoms with Gasteiger partial charge in [0.25, 0.3) is 0 Å². The van der Waals surface area contributed by atoms with E-state index in [0.29, 0.717) is 6.42 Å². The number of esters is 1. The van der Waals surface area contributed by atoms with E-state index in [2.05, 4.69) is 4.74 Å². The number of carbonyl (C=O) groups is 1. The average Bonchev–Trinajstić information content (AvgIpc) is 2.59. The summed E-state index contributed by atoms with van der Waals surface area (Å²) in [7, 11) is 0. The summed E-state index contributed by atoms with van der Waals surface area (Å²) in [6.45, 7) is 2.49. The van der Waals surface area contributed by atoms with Crippen LogP contribution in [0.5, 0.6) is 0 Å². The van der Waals surface area contributed by atoms with E-state index in [9.17, 15) is 61.9 Å². The highest BCUT2D eigenvalue weighted by Crippen LogP contribution is 2.61. The molecule has 0 bridgehead atoms. The van der Waals surface area contributed by atoms with Crippen molar-refractivity contribution in [2.45, 2.75) is 81.7 Å². The predicted molar refractivity (Wildman–Crippen MR) is 79.7 cm³/mol. The molecule has 0 N–H and O–H groups in total. The van der Waals surface area contributed by atoms with Crippen LogP contribution in [-0.2, 0) is 9.53 Å². The molecule has 186 valence electrons. The van der Waals surface area contributed by atoms with Crippen LogP contribution in [0.25, 0.3) is 0 Å². The Hall–Kier alpha value is -1.44. The molecule has 15 heteroatoms. The van der Waals surface area contributed by atoms with Gasteiger partial charge in [0.15, 0.2) is 0 Å². The maximum atomic E-state index is 13.9. The summed E-state index contributed by atoms with van der Waals surface area (Å²) in [6.07, 6.45) is -10.2. The van der Waals surface area contributed by atoms with Gasteiger partial charge in [-0.15, -0.1) is 0 Å². The molecule has 31 heavy (non-hydrogen) atoms. The molecule has 0 radical (unpaired) electrons. The third-order valence-electron chi connectivity index (χ3n) is 4.21. The zero-order valence-electron chi connectivity index (χ0n) is 16.1. The van der Waals surface area contributed by atoms with Crippen molar-refractivity contribution >= 4 is 5.97 Å². The van der Waals surface area contributed by atoms with E-state index in [0.717, 1.165) is 0 Å². The Labute approximate surface area is 168 Å². The van der Waals surface area contributed by atoms with E-state index in [1.165, 1.54) is 6.92 Å². The Kier molecular flexibility index (Phi) is 9.14. The Morgan fingerprint density at radius 1 is 0.710 bits per heavy atom. The lowest BCUT2D eigenvalue weighted by Crippen LogP contribution is -2.70. The van der Waals surface area contributed by atoms with E-state index in [1.807, 2.05) is 0 Å². The summed E-state index contributed by atoms with van der Waals surface area (Å²) in [5, 5.41) is 0. The molecule has 0 aromatic rings. The van der Waals surface area contributed by atoms with Gasteiger partial charge in [0, 0.05) is 6.42 Å². The SMILES string of the molecule is CCCCOC(=O)C(CCC)CC(F)(F)C(F)(F)C(F)(F)C(F)(F)C(F)(F)C(F)(F)F. The molecular formula is C16H19F13O2. The zero-order valence-corrected chi connectivity index (χ0v) is 16.1. The van der Waals surface area contributed by atoms with Gasteiger partial charge in [-0.2, -0.15) is 57.1 Å². The minimum Gasteiger partial charge on any atom is -0.465 e. The molecule has 0 fully saturated rings. The van der Waals surface area contributed by atoms with Crippen molar-refractivity contribution in [3.8, 4) is 0 Å². The fraction of sp³-hybridized carbons (Fsp3) is 0.938. The highest BCUT2D eigenvalue weighted by Gasteiger charge is 2.90. The quantitative estimate of drug-likeness (QED) is 0.170. The van der Waals surface area contributed by atoms with E-state index in [-0.39, 0.29) is 19.4 Å². The van der Waals surface area contributed by atoms with Gasteiger partial charge in [-0.1, -0.05) is 26.7 Å². The molecule has 0 saturated carbocycles.